The van der Waals surface area contributed by atoms with Gasteiger partial charge in [0.15, 0.2) is 0 Å². The third-order valence-corrected chi connectivity index (χ3v) is 6.86. The zero-order valence-corrected chi connectivity index (χ0v) is 11.9. The van der Waals surface area contributed by atoms with Crippen molar-refractivity contribution in [3.63, 3.8) is 0 Å². The van der Waals surface area contributed by atoms with Gasteiger partial charge in [-0.25, -0.2) is 0 Å². The summed E-state index contributed by atoms with van der Waals surface area (Å²) in [6.07, 6.45) is 5.15. The summed E-state index contributed by atoms with van der Waals surface area (Å²) in [5.74, 6) is 0. The van der Waals surface area contributed by atoms with Crippen molar-refractivity contribution in [1.82, 2.24) is 0 Å². The molecule has 0 unspecified atom stereocenters. The van der Waals surface area contributed by atoms with Crippen LogP contribution in [0.2, 0.25) is 25.2 Å². The summed E-state index contributed by atoms with van der Waals surface area (Å²) in [6.45, 7) is 7.15. The predicted molar refractivity (Wildman–Crippen MR) is 65.3 cm³/mol. The van der Waals surface area contributed by atoms with Gasteiger partial charge in [-0.15, -0.1) is 0 Å². The summed E-state index contributed by atoms with van der Waals surface area (Å²) in [6, 6.07) is 0. The Kier molecular flexibility index (Phi) is 4.00. The van der Waals surface area contributed by atoms with Gasteiger partial charge >= 0.3 is 0 Å². The van der Waals surface area contributed by atoms with E-state index in [9.17, 15) is 8.42 Å². The topological polar surface area (TPSA) is 43.4 Å². The van der Waals surface area contributed by atoms with Gasteiger partial charge in [0.25, 0.3) is 10.1 Å². The van der Waals surface area contributed by atoms with Crippen molar-refractivity contribution in [3.8, 4) is 0 Å². The first-order valence-corrected chi connectivity index (χ1v) is 11.0. The summed E-state index contributed by atoms with van der Waals surface area (Å²) in [4.78, 5) is 0. The van der Waals surface area contributed by atoms with Gasteiger partial charge in [-0.05, 0) is 18.4 Å². The lowest BCUT2D eigenvalue weighted by Gasteiger charge is -2.35. The summed E-state index contributed by atoms with van der Waals surface area (Å²) >= 11 is 0. The molecule has 3 nitrogen and oxygen atoms in total. The van der Waals surface area contributed by atoms with Crippen LogP contribution in [0.1, 0.15) is 25.7 Å². The van der Waals surface area contributed by atoms with E-state index in [0.717, 1.165) is 37.5 Å². The minimum Gasteiger partial charge on any atom is -0.267 e. The lowest BCUT2D eigenvalue weighted by molar-refractivity contribution is 0.163. The van der Waals surface area contributed by atoms with E-state index in [1.807, 2.05) is 0 Å². The van der Waals surface area contributed by atoms with E-state index in [1.165, 1.54) is 0 Å². The highest BCUT2D eigenvalue weighted by molar-refractivity contribution is 7.86. The molecule has 0 heterocycles. The molecule has 1 rings (SSSR count). The van der Waals surface area contributed by atoms with E-state index < -0.39 is 18.2 Å². The number of rotatable bonds is 3. The van der Waals surface area contributed by atoms with Crippen molar-refractivity contribution < 1.29 is 12.6 Å². The van der Waals surface area contributed by atoms with Crippen LogP contribution < -0.4 is 0 Å². The van der Waals surface area contributed by atoms with Crippen molar-refractivity contribution in [2.45, 2.75) is 57.0 Å². The maximum absolute atomic E-state index is 11.0. The molecule has 0 N–H and O–H groups in total. The van der Waals surface area contributed by atoms with Crippen LogP contribution in [0, 0.1) is 0 Å². The molecule has 0 aliphatic heterocycles. The smallest absolute Gasteiger partial charge is 0.264 e. The lowest BCUT2D eigenvalue weighted by atomic mass is 9.97. The largest absolute Gasteiger partial charge is 0.267 e. The second kappa shape index (κ2) is 4.55. The molecule has 0 aromatic rings. The Balaban J connectivity index is 2.43. The molecule has 15 heavy (non-hydrogen) atoms. The molecule has 0 bridgehead atoms. The van der Waals surface area contributed by atoms with Crippen LogP contribution in [0.15, 0.2) is 0 Å². The molecular weight excluding hydrogens is 228 g/mol. The second-order valence-corrected chi connectivity index (χ2v) is 12.8. The van der Waals surface area contributed by atoms with Crippen LogP contribution in [0.4, 0.5) is 0 Å². The van der Waals surface area contributed by atoms with E-state index in [1.54, 1.807) is 0 Å². The fourth-order valence-electron chi connectivity index (χ4n) is 2.27. The standard InChI is InChI=1S/C10H22O3SSi/c1-14(11,12)13-9-5-7-10(8-6-9)15(2,3)4/h9-10H,5-8H2,1-4H3/t9-,10-. The maximum atomic E-state index is 11.0. The van der Waals surface area contributed by atoms with Crippen molar-refractivity contribution in [2.24, 2.45) is 0 Å². The molecule has 0 spiro atoms. The fourth-order valence-corrected chi connectivity index (χ4v) is 5.02. The van der Waals surface area contributed by atoms with E-state index in [0.29, 0.717) is 0 Å². The first kappa shape index (κ1) is 13.2. The zero-order chi connectivity index (χ0) is 11.7. The molecule has 0 saturated heterocycles. The number of hydrogen-bond donors (Lipinski definition) is 0. The minimum atomic E-state index is -3.27. The minimum absolute atomic E-state index is 0.0624. The molecule has 0 aromatic carbocycles. The van der Waals surface area contributed by atoms with Crippen molar-refractivity contribution >= 4 is 18.2 Å². The highest BCUT2D eigenvalue weighted by atomic mass is 32.2. The molecule has 0 aromatic heterocycles. The average Bonchev–Trinajstić information content (AvgIpc) is 2.00. The quantitative estimate of drug-likeness (QED) is 0.571. The molecule has 90 valence electrons. The Morgan fingerprint density at radius 2 is 1.53 bits per heavy atom. The van der Waals surface area contributed by atoms with Crippen molar-refractivity contribution in [3.05, 3.63) is 0 Å². The Hall–Kier alpha value is 0.127. The van der Waals surface area contributed by atoms with Gasteiger partial charge in [-0.3, -0.25) is 4.18 Å². The molecule has 1 aliphatic rings. The van der Waals surface area contributed by atoms with Gasteiger partial charge < -0.3 is 0 Å². The van der Waals surface area contributed by atoms with Gasteiger partial charge in [-0.1, -0.05) is 32.5 Å². The van der Waals surface area contributed by atoms with Gasteiger partial charge in [-0.2, -0.15) is 8.42 Å². The third-order valence-electron chi connectivity index (χ3n) is 3.21. The third kappa shape index (κ3) is 4.65. The molecule has 0 atom stereocenters. The molecule has 1 fully saturated rings. The van der Waals surface area contributed by atoms with Crippen molar-refractivity contribution in [1.29, 1.82) is 0 Å². The molecule has 1 aliphatic carbocycles. The van der Waals surface area contributed by atoms with Gasteiger partial charge in [0.1, 0.15) is 0 Å². The first-order valence-electron chi connectivity index (χ1n) is 5.57. The van der Waals surface area contributed by atoms with Gasteiger partial charge in [0, 0.05) is 8.07 Å². The highest BCUT2D eigenvalue weighted by Gasteiger charge is 2.32. The normalized spacial score (nSPS) is 29.1. The van der Waals surface area contributed by atoms with Crippen molar-refractivity contribution in [2.75, 3.05) is 6.26 Å². The zero-order valence-electron chi connectivity index (χ0n) is 10.1. The molecule has 0 radical (unpaired) electrons. The van der Waals surface area contributed by atoms with Crippen LogP contribution in [-0.2, 0) is 14.3 Å². The van der Waals surface area contributed by atoms with Crippen LogP contribution in [0.25, 0.3) is 0 Å². The summed E-state index contributed by atoms with van der Waals surface area (Å²) in [7, 11) is -4.31. The first-order chi connectivity index (χ1) is 6.68. The molecule has 1 saturated carbocycles. The summed E-state index contributed by atoms with van der Waals surface area (Å²) in [5, 5.41) is 0. The van der Waals surface area contributed by atoms with E-state index >= 15 is 0 Å². The van der Waals surface area contributed by atoms with Crippen LogP contribution >= 0.6 is 0 Å². The average molecular weight is 250 g/mol. The van der Waals surface area contributed by atoms with E-state index in [2.05, 4.69) is 19.6 Å². The van der Waals surface area contributed by atoms with Crippen LogP contribution in [-0.4, -0.2) is 28.9 Å². The second-order valence-electron chi connectivity index (χ2n) is 5.64. The SMILES string of the molecule is C[Si](C)(C)[C@H]1CC[C@H](OS(C)(=O)=O)CC1. The molecular formula is C10H22O3SSi. The molecule has 5 heteroatoms. The van der Waals surface area contributed by atoms with E-state index in [4.69, 9.17) is 4.18 Å². The monoisotopic (exact) mass is 250 g/mol. The summed E-state index contributed by atoms with van der Waals surface area (Å²) < 4.78 is 27.0. The van der Waals surface area contributed by atoms with Crippen LogP contribution in [0.5, 0.6) is 0 Å². The highest BCUT2D eigenvalue weighted by Crippen LogP contribution is 2.38. The van der Waals surface area contributed by atoms with Crippen LogP contribution in [0.3, 0.4) is 0 Å². The summed E-state index contributed by atoms with van der Waals surface area (Å²) in [5.41, 5.74) is 0.830. The Bertz CT molecular complexity index is 297. The Labute approximate surface area is 94.3 Å². The van der Waals surface area contributed by atoms with Gasteiger partial charge in [0.05, 0.1) is 12.4 Å². The molecule has 0 amide bonds. The Morgan fingerprint density at radius 1 is 1.07 bits per heavy atom. The predicted octanol–water partition coefficient (Wildman–Crippen LogP) is 2.61. The fraction of sp³-hybridized carbons (Fsp3) is 1.00. The van der Waals surface area contributed by atoms with Gasteiger partial charge in [0.2, 0.25) is 0 Å². The lowest BCUT2D eigenvalue weighted by Crippen LogP contribution is -2.33. The van der Waals surface area contributed by atoms with E-state index in [-0.39, 0.29) is 6.10 Å². The Morgan fingerprint density at radius 3 is 1.87 bits per heavy atom. The number of hydrogen-bond acceptors (Lipinski definition) is 3. The maximum Gasteiger partial charge on any atom is 0.264 e.